The Labute approximate surface area is 161 Å². The summed E-state index contributed by atoms with van der Waals surface area (Å²) in [4.78, 5) is 38.6. The highest BCUT2D eigenvalue weighted by atomic mass is 16.5. The van der Waals surface area contributed by atoms with Crippen LogP contribution in [0.15, 0.2) is 42.9 Å². The number of nitrogens with zero attached hydrogens (tertiary/aromatic N) is 3. The molecule has 3 aromatic rings. The first-order chi connectivity index (χ1) is 13.7. The van der Waals surface area contributed by atoms with Crippen LogP contribution < -0.4 is 0 Å². The Hall–Kier alpha value is -3.22. The Morgan fingerprint density at radius 2 is 2.07 bits per heavy atom. The number of carbonyl (C=O) groups excluding carboxylic acids is 2. The maximum absolute atomic E-state index is 13.0. The van der Waals surface area contributed by atoms with Crippen molar-refractivity contribution in [3.8, 4) is 0 Å². The highest BCUT2D eigenvalue weighted by molar-refractivity contribution is 6.01. The highest BCUT2D eigenvalue weighted by Gasteiger charge is 2.40. The Bertz CT molecular complexity index is 1060. The molecular weight excluding hydrogens is 356 g/mol. The van der Waals surface area contributed by atoms with Crippen molar-refractivity contribution in [1.82, 2.24) is 19.9 Å². The molecule has 0 radical (unpaired) electrons. The van der Waals surface area contributed by atoms with Gasteiger partial charge < -0.3 is 14.6 Å². The minimum absolute atomic E-state index is 0.0663. The number of hydrogen-bond donors (Lipinski definition) is 1. The van der Waals surface area contributed by atoms with Gasteiger partial charge in [0, 0.05) is 19.2 Å². The lowest BCUT2D eigenvalue weighted by Gasteiger charge is -2.33. The van der Waals surface area contributed by atoms with Crippen LogP contribution in [0.2, 0.25) is 0 Å². The summed E-state index contributed by atoms with van der Waals surface area (Å²) in [6.45, 7) is 0.596. The van der Waals surface area contributed by atoms with Crippen molar-refractivity contribution in [1.29, 1.82) is 0 Å². The number of amides is 1. The smallest absolute Gasteiger partial charge is 0.358 e. The number of fused-ring (bicyclic) bond motifs is 2. The summed E-state index contributed by atoms with van der Waals surface area (Å²) in [7, 11) is 0. The molecule has 5 rings (SSSR count). The first-order valence-corrected chi connectivity index (χ1v) is 9.60. The number of ether oxygens (including phenoxy) is 1. The minimum Gasteiger partial charge on any atom is -0.447 e. The predicted octanol–water partition coefficient (Wildman–Crippen LogP) is 2.79. The topological polar surface area (TPSA) is 88.2 Å². The molecule has 1 amide bonds. The summed E-state index contributed by atoms with van der Waals surface area (Å²) < 4.78 is 5.56. The Balaban J connectivity index is 1.35. The normalized spacial score (nSPS) is 21.7. The summed E-state index contributed by atoms with van der Waals surface area (Å²) in [5.74, 6) is -0.703. The van der Waals surface area contributed by atoms with Crippen molar-refractivity contribution in [2.75, 3.05) is 6.54 Å². The van der Waals surface area contributed by atoms with Crippen molar-refractivity contribution in [2.24, 2.45) is 0 Å². The van der Waals surface area contributed by atoms with E-state index in [4.69, 9.17) is 4.74 Å². The SMILES string of the molecule is O=C(OC1CCN(C2CCCc3ccccc32)C1=O)c1ncnc2[nH]ccc12. The molecule has 2 unspecified atom stereocenters. The van der Waals surface area contributed by atoms with Crippen LogP contribution in [-0.4, -0.2) is 44.4 Å². The molecule has 142 valence electrons. The third-order valence-corrected chi connectivity index (χ3v) is 5.70. The van der Waals surface area contributed by atoms with E-state index in [-0.39, 0.29) is 17.6 Å². The molecule has 1 aliphatic carbocycles. The van der Waals surface area contributed by atoms with Gasteiger partial charge in [0.25, 0.3) is 5.91 Å². The zero-order valence-electron chi connectivity index (χ0n) is 15.3. The third-order valence-electron chi connectivity index (χ3n) is 5.70. The second kappa shape index (κ2) is 6.74. The van der Waals surface area contributed by atoms with Gasteiger partial charge in [-0.2, -0.15) is 0 Å². The van der Waals surface area contributed by atoms with Gasteiger partial charge in [-0.25, -0.2) is 14.8 Å². The van der Waals surface area contributed by atoms with E-state index in [0.29, 0.717) is 24.0 Å². The standard InChI is InChI=1S/C21H20N4O3/c26-20-17(28-21(27)18-15-8-10-22-19(15)24-12-23-18)9-11-25(20)16-7-3-5-13-4-1-2-6-14(13)16/h1-2,4,6,8,10,12,16-17H,3,5,7,9,11H2,(H,22,23,24). The summed E-state index contributed by atoms with van der Waals surface area (Å²) in [5.41, 5.74) is 3.28. The zero-order valence-corrected chi connectivity index (χ0v) is 15.3. The van der Waals surface area contributed by atoms with Crippen LogP contribution in [-0.2, 0) is 16.0 Å². The molecule has 28 heavy (non-hydrogen) atoms. The summed E-state index contributed by atoms with van der Waals surface area (Å²) >= 11 is 0. The average Bonchev–Trinajstić information content (AvgIpc) is 3.34. The van der Waals surface area contributed by atoms with Gasteiger partial charge in [0.15, 0.2) is 11.8 Å². The van der Waals surface area contributed by atoms with Gasteiger partial charge in [-0.1, -0.05) is 24.3 Å². The number of aromatic nitrogens is 3. The third kappa shape index (κ3) is 2.74. The van der Waals surface area contributed by atoms with Gasteiger partial charge in [0.05, 0.1) is 11.4 Å². The number of nitrogens with one attached hydrogen (secondary N) is 1. The molecular formula is C21H20N4O3. The van der Waals surface area contributed by atoms with Crippen LogP contribution in [0.1, 0.15) is 46.9 Å². The van der Waals surface area contributed by atoms with Gasteiger partial charge in [0.2, 0.25) is 0 Å². The fourth-order valence-corrected chi connectivity index (χ4v) is 4.37. The first-order valence-electron chi connectivity index (χ1n) is 9.60. The quantitative estimate of drug-likeness (QED) is 0.710. The van der Waals surface area contributed by atoms with Gasteiger partial charge in [-0.05, 0) is 36.5 Å². The lowest BCUT2D eigenvalue weighted by molar-refractivity contribution is -0.137. The summed E-state index contributed by atoms with van der Waals surface area (Å²) in [5, 5.41) is 0.594. The maximum atomic E-state index is 13.0. The molecule has 0 bridgehead atoms. The van der Waals surface area contributed by atoms with E-state index < -0.39 is 12.1 Å². The van der Waals surface area contributed by atoms with Crippen LogP contribution in [0.25, 0.3) is 11.0 Å². The molecule has 7 nitrogen and oxygen atoms in total. The molecule has 1 N–H and O–H groups in total. The highest BCUT2D eigenvalue weighted by Crippen LogP contribution is 2.37. The van der Waals surface area contributed by atoms with E-state index in [1.54, 1.807) is 12.3 Å². The number of aromatic amines is 1. The number of aryl methyl sites for hydroxylation is 1. The molecule has 2 atom stereocenters. The van der Waals surface area contributed by atoms with Gasteiger partial charge in [0.1, 0.15) is 12.0 Å². The minimum atomic E-state index is -0.759. The van der Waals surface area contributed by atoms with Crippen molar-refractivity contribution in [3.05, 3.63) is 59.7 Å². The van der Waals surface area contributed by atoms with Gasteiger partial charge in [-0.15, -0.1) is 0 Å². The lowest BCUT2D eigenvalue weighted by Crippen LogP contribution is -2.36. The van der Waals surface area contributed by atoms with E-state index >= 15 is 0 Å². The number of esters is 1. The van der Waals surface area contributed by atoms with Crippen molar-refractivity contribution in [3.63, 3.8) is 0 Å². The average molecular weight is 376 g/mol. The molecule has 1 aliphatic heterocycles. The van der Waals surface area contributed by atoms with Crippen LogP contribution in [0.5, 0.6) is 0 Å². The molecule has 2 aliphatic rings. The number of H-pyrrole nitrogens is 1. The fraction of sp³-hybridized carbons (Fsp3) is 0.333. The number of carbonyl (C=O) groups is 2. The second-order valence-electron chi connectivity index (χ2n) is 7.28. The second-order valence-corrected chi connectivity index (χ2v) is 7.28. The molecule has 1 saturated heterocycles. The molecule has 0 saturated carbocycles. The van der Waals surface area contributed by atoms with Crippen LogP contribution >= 0.6 is 0 Å². The van der Waals surface area contributed by atoms with Crippen LogP contribution in [0.4, 0.5) is 0 Å². The largest absolute Gasteiger partial charge is 0.447 e. The predicted molar refractivity (Wildman–Crippen MR) is 102 cm³/mol. The number of rotatable bonds is 3. The number of hydrogen-bond acceptors (Lipinski definition) is 5. The van der Waals surface area contributed by atoms with E-state index in [0.717, 1.165) is 19.3 Å². The van der Waals surface area contributed by atoms with E-state index in [2.05, 4.69) is 27.1 Å². The number of likely N-dealkylation sites (tertiary alicyclic amines) is 1. The molecule has 7 heteroatoms. The Morgan fingerprint density at radius 1 is 1.18 bits per heavy atom. The Kier molecular flexibility index (Phi) is 4.07. The van der Waals surface area contributed by atoms with Crippen molar-refractivity contribution in [2.45, 2.75) is 37.8 Å². The zero-order chi connectivity index (χ0) is 19.1. The van der Waals surface area contributed by atoms with Crippen molar-refractivity contribution < 1.29 is 14.3 Å². The molecule has 0 spiro atoms. The molecule has 1 fully saturated rings. The van der Waals surface area contributed by atoms with Gasteiger partial charge >= 0.3 is 5.97 Å². The number of benzene rings is 1. The van der Waals surface area contributed by atoms with Crippen LogP contribution in [0.3, 0.4) is 0 Å². The molecule has 3 heterocycles. The monoisotopic (exact) mass is 376 g/mol. The molecule has 1 aromatic carbocycles. The maximum Gasteiger partial charge on any atom is 0.358 e. The fourth-order valence-electron chi connectivity index (χ4n) is 4.37. The van der Waals surface area contributed by atoms with Gasteiger partial charge in [-0.3, -0.25) is 4.79 Å². The summed E-state index contributed by atoms with van der Waals surface area (Å²) in [6.07, 6.45) is 5.81. The van der Waals surface area contributed by atoms with Crippen molar-refractivity contribution >= 4 is 22.9 Å². The molecule has 2 aromatic heterocycles. The first kappa shape index (κ1) is 16.9. The Morgan fingerprint density at radius 3 is 3.00 bits per heavy atom. The van der Waals surface area contributed by atoms with Crippen LogP contribution in [0, 0.1) is 0 Å². The summed E-state index contributed by atoms with van der Waals surface area (Å²) in [6, 6.07) is 10.1. The van der Waals surface area contributed by atoms with E-state index in [9.17, 15) is 9.59 Å². The van der Waals surface area contributed by atoms with E-state index in [1.165, 1.54) is 17.5 Å². The lowest BCUT2D eigenvalue weighted by atomic mass is 9.87. The van der Waals surface area contributed by atoms with E-state index in [1.807, 2.05) is 17.0 Å².